The van der Waals surface area contributed by atoms with Crippen LogP contribution < -0.4 is 4.90 Å². The summed E-state index contributed by atoms with van der Waals surface area (Å²) < 4.78 is 0. The molecule has 0 saturated heterocycles. The molecule has 3 aliphatic rings. The van der Waals surface area contributed by atoms with Crippen molar-refractivity contribution in [2.24, 2.45) is 17.0 Å². The van der Waals surface area contributed by atoms with Crippen LogP contribution in [-0.4, -0.2) is 35.3 Å². The van der Waals surface area contributed by atoms with Crippen LogP contribution in [0, 0.1) is 11.8 Å². The quantitative estimate of drug-likeness (QED) is 0.425. The molecule has 2 saturated carbocycles. The summed E-state index contributed by atoms with van der Waals surface area (Å²) in [4.78, 5) is 34.8. The summed E-state index contributed by atoms with van der Waals surface area (Å²) in [6.07, 6.45) is 13.6. The number of aromatic carboxylic acids is 1. The molecule has 0 atom stereocenters. The smallest absolute Gasteiger partial charge is 0.348 e. The van der Waals surface area contributed by atoms with Crippen LogP contribution in [0.1, 0.15) is 105 Å². The van der Waals surface area contributed by atoms with E-state index in [1.807, 2.05) is 17.9 Å². The molecule has 0 radical (unpaired) electrons. The molecular weight excluding hydrogens is 448 g/mol. The van der Waals surface area contributed by atoms with Crippen molar-refractivity contribution in [3.63, 3.8) is 0 Å². The molecule has 1 heterocycles. The molecule has 186 valence electrons. The number of amides is 1. The molecule has 34 heavy (non-hydrogen) atoms. The molecule has 1 N–H and O–H groups in total. The van der Waals surface area contributed by atoms with E-state index in [1.165, 1.54) is 23.3 Å². The first-order valence-corrected chi connectivity index (χ1v) is 13.9. The molecule has 1 amide bonds. The minimum atomic E-state index is -0.938. The lowest BCUT2D eigenvalue weighted by Gasteiger charge is -2.38. The minimum Gasteiger partial charge on any atom is -0.477 e. The van der Waals surface area contributed by atoms with Gasteiger partial charge in [-0.25, -0.2) is 4.79 Å². The monoisotopic (exact) mass is 486 g/mol. The number of oxime groups is 1. The Morgan fingerprint density at radius 1 is 1.12 bits per heavy atom. The Balaban J connectivity index is 1.66. The number of carbonyl (C=O) groups is 2. The van der Waals surface area contributed by atoms with Crippen molar-refractivity contribution in [1.82, 2.24) is 0 Å². The van der Waals surface area contributed by atoms with E-state index >= 15 is 0 Å². The van der Waals surface area contributed by atoms with Crippen molar-refractivity contribution >= 4 is 40.2 Å². The number of carbonyl (C=O) groups excluding carboxylic acids is 1. The SMILES string of the molecule is CCON=C1CCC(N(c2cc(C3=CCCCC3)sc2C(=O)O)C(=O)[C@H]2CC[C@H](C)CC2)CC1. The summed E-state index contributed by atoms with van der Waals surface area (Å²) in [6.45, 7) is 4.72. The first-order valence-electron chi connectivity index (χ1n) is 13.0. The lowest BCUT2D eigenvalue weighted by Crippen LogP contribution is -2.46. The molecule has 1 aromatic rings. The average Bonchev–Trinajstić information content (AvgIpc) is 3.30. The van der Waals surface area contributed by atoms with Crippen LogP contribution in [0.15, 0.2) is 17.3 Å². The van der Waals surface area contributed by atoms with E-state index in [2.05, 4.69) is 18.2 Å². The fraction of sp³-hybridized carbons (Fsp3) is 0.667. The molecule has 0 aromatic carbocycles. The van der Waals surface area contributed by atoms with Crippen LogP contribution in [0.25, 0.3) is 5.57 Å². The minimum absolute atomic E-state index is 0.00619. The number of allylic oxidation sites excluding steroid dienone is 2. The van der Waals surface area contributed by atoms with Gasteiger partial charge in [0.2, 0.25) is 5.91 Å². The van der Waals surface area contributed by atoms with Crippen molar-refractivity contribution in [3.05, 3.63) is 21.9 Å². The Labute approximate surface area is 207 Å². The Hall–Kier alpha value is -2.15. The zero-order chi connectivity index (χ0) is 24.1. The molecule has 0 spiro atoms. The number of carboxylic acid groups (broad SMARTS) is 1. The van der Waals surface area contributed by atoms with Gasteiger partial charge >= 0.3 is 5.97 Å². The van der Waals surface area contributed by atoms with Crippen molar-refractivity contribution in [2.45, 2.75) is 96.9 Å². The maximum Gasteiger partial charge on any atom is 0.348 e. The third kappa shape index (κ3) is 5.73. The maximum absolute atomic E-state index is 14.0. The van der Waals surface area contributed by atoms with Crippen LogP contribution in [0.3, 0.4) is 0 Å². The van der Waals surface area contributed by atoms with Gasteiger partial charge in [0.05, 0.1) is 11.4 Å². The normalized spacial score (nSPS) is 25.4. The van der Waals surface area contributed by atoms with E-state index in [9.17, 15) is 14.7 Å². The summed E-state index contributed by atoms with van der Waals surface area (Å²) in [5.41, 5.74) is 2.88. The van der Waals surface area contributed by atoms with Crippen LogP contribution in [-0.2, 0) is 9.63 Å². The van der Waals surface area contributed by atoms with E-state index in [1.54, 1.807) is 0 Å². The van der Waals surface area contributed by atoms with Crippen LogP contribution in [0.4, 0.5) is 5.69 Å². The van der Waals surface area contributed by atoms with E-state index in [0.29, 0.717) is 23.1 Å². The molecule has 1 aromatic heterocycles. The first kappa shape index (κ1) is 25.0. The summed E-state index contributed by atoms with van der Waals surface area (Å²) in [6, 6.07) is 1.99. The number of carboxylic acids is 1. The Morgan fingerprint density at radius 2 is 1.85 bits per heavy atom. The lowest BCUT2D eigenvalue weighted by atomic mass is 9.81. The summed E-state index contributed by atoms with van der Waals surface area (Å²) in [5.74, 6) is -0.183. The van der Waals surface area contributed by atoms with Gasteiger partial charge in [-0.3, -0.25) is 4.79 Å². The molecule has 3 aliphatic carbocycles. The third-order valence-corrected chi connectivity index (χ3v) is 8.78. The molecule has 7 heteroatoms. The number of anilines is 1. The van der Waals surface area contributed by atoms with Gasteiger partial charge in [-0.15, -0.1) is 11.3 Å². The van der Waals surface area contributed by atoms with Gasteiger partial charge in [0, 0.05) is 16.8 Å². The van der Waals surface area contributed by atoms with E-state index < -0.39 is 5.97 Å². The zero-order valence-corrected chi connectivity index (χ0v) is 21.4. The Kier molecular flexibility index (Phi) is 8.46. The summed E-state index contributed by atoms with van der Waals surface area (Å²) in [7, 11) is 0. The first-order chi connectivity index (χ1) is 16.5. The molecule has 4 rings (SSSR count). The fourth-order valence-electron chi connectivity index (χ4n) is 5.57. The van der Waals surface area contributed by atoms with Gasteiger partial charge in [-0.1, -0.05) is 18.2 Å². The molecular formula is C27H38N2O4S. The highest BCUT2D eigenvalue weighted by atomic mass is 32.1. The van der Waals surface area contributed by atoms with Crippen LogP contribution >= 0.6 is 11.3 Å². The molecule has 2 fully saturated rings. The predicted octanol–water partition coefficient (Wildman–Crippen LogP) is 6.90. The van der Waals surface area contributed by atoms with Gasteiger partial charge in [0.1, 0.15) is 11.5 Å². The highest BCUT2D eigenvalue weighted by Crippen LogP contribution is 2.41. The van der Waals surface area contributed by atoms with E-state index in [-0.39, 0.29) is 17.9 Å². The number of hydrogen-bond acceptors (Lipinski definition) is 5. The molecule has 0 unspecified atom stereocenters. The molecule has 0 bridgehead atoms. The van der Waals surface area contributed by atoms with Crippen molar-refractivity contribution < 1.29 is 19.5 Å². The zero-order valence-electron chi connectivity index (χ0n) is 20.6. The standard InChI is InChI=1S/C27H38N2O4S/c1-3-33-28-21-13-15-22(16-14-21)29(26(30)20-11-9-18(2)10-12-20)23-17-24(34-25(23)27(31)32)19-7-5-4-6-8-19/h7,17-18,20,22H,3-6,8-16H2,1-2H3,(H,31,32)/t18-,20-,22?. The van der Waals surface area contributed by atoms with Gasteiger partial charge in [-0.05, 0) is 102 Å². The van der Waals surface area contributed by atoms with Crippen molar-refractivity contribution in [2.75, 3.05) is 11.5 Å². The van der Waals surface area contributed by atoms with Crippen LogP contribution in [0.5, 0.6) is 0 Å². The number of thiophene rings is 1. The number of hydrogen-bond donors (Lipinski definition) is 1. The topological polar surface area (TPSA) is 79.2 Å². The Morgan fingerprint density at radius 3 is 2.47 bits per heavy atom. The second kappa shape index (κ2) is 11.5. The van der Waals surface area contributed by atoms with E-state index in [0.717, 1.165) is 81.2 Å². The largest absolute Gasteiger partial charge is 0.477 e. The second-order valence-corrected chi connectivity index (χ2v) is 11.1. The van der Waals surface area contributed by atoms with Gasteiger partial charge in [0.15, 0.2) is 0 Å². The summed E-state index contributed by atoms with van der Waals surface area (Å²) in [5, 5.41) is 14.3. The number of rotatable bonds is 7. The average molecular weight is 487 g/mol. The van der Waals surface area contributed by atoms with Crippen LogP contribution in [0.2, 0.25) is 0 Å². The van der Waals surface area contributed by atoms with Gasteiger partial charge in [0.25, 0.3) is 0 Å². The fourth-order valence-corrected chi connectivity index (χ4v) is 6.63. The highest BCUT2D eigenvalue weighted by molar-refractivity contribution is 7.15. The second-order valence-electron chi connectivity index (χ2n) is 10.1. The Bertz CT molecular complexity index is 932. The van der Waals surface area contributed by atoms with Crippen molar-refractivity contribution in [3.8, 4) is 0 Å². The third-order valence-electron chi connectivity index (χ3n) is 7.60. The molecule has 6 nitrogen and oxygen atoms in total. The highest BCUT2D eigenvalue weighted by Gasteiger charge is 2.37. The van der Waals surface area contributed by atoms with Crippen molar-refractivity contribution in [1.29, 1.82) is 0 Å². The maximum atomic E-state index is 14.0. The molecule has 0 aliphatic heterocycles. The van der Waals surface area contributed by atoms with E-state index in [4.69, 9.17) is 4.84 Å². The predicted molar refractivity (Wildman–Crippen MR) is 138 cm³/mol. The number of nitrogens with zero attached hydrogens (tertiary/aromatic N) is 2. The lowest BCUT2D eigenvalue weighted by molar-refractivity contribution is -0.124. The van der Waals surface area contributed by atoms with Gasteiger partial charge < -0.3 is 14.8 Å². The van der Waals surface area contributed by atoms with Gasteiger partial charge in [-0.2, -0.15) is 0 Å². The summed E-state index contributed by atoms with van der Waals surface area (Å²) >= 11 is 1.34.